The van der Waals surface area contributed by atoms with Crippen LogP contribution in [0.1, 0.15) is 23.6 Å². The van der Waals surface area contributed by atoms with Gasteiger partial charge in [-0.3, -0.25) is 14.9 Å². The highest BCUT2D eigenvalue weighted by Crippen LogP contribution is 2.33. The van der Waals surface area contributed by atoms with Crippen LogP contribution in [0.25, 0.3) is 6.08 Å². The van der Waals surface area contributed by atoms with Crippen molar-refractivity contribution in [1.82, 2.24) is 5.32 Å². The minimum Gasteiger partial charge on any atom is -0.496 e. The van der Waals surface area contributed by atoms with E-state index in [9.17, 15) is 14.9 Å². The molecule has 3 aromatic carbocycles. The summed E-state index contributed by atoms with van der Waals surface area (Å²) < 4.78 is 16.9. The van der Waals surface area contributed by atoms with Crippen LogP contribution in [0.5, 0.6) is 17.2 Å². The van der Waals surface area contributed by atoms with E-state index in [0.29, 0.717) is 40.6 Å². The number of amides is 1. The Morgan fingerprint density at radius 1 is 1.05 bits per heavy atom. The highest BCUT2D eigenvalue weighted by Gasteiger charge is 2.33. The van der Waals surface area contributed by atoms with E-state index in [4.69, 9.17) is 26.4 Å². The number of nitro groups is 1. The smallest absolute Gasteiger partial charge is 0.310 e. The molecule has 0 saturated carbocycles. The van der Waals surface area contributed by atoms with Crippen LogP contribution in [0.15, 0.2) is 66.4 Å². The Balaban J connectivity index is 1.60. The zero-order valence-electron chi connectivity index (χ0n) is 20.5. The monoisotopic (exact) mass is 519 g/mol. The lowest BCUT2D eigenvalue weighted by atomic mass is 10.1. The Kier molecular flexibility index (Phi) is 7.69. The van der Waals surface area contributed by atoms with Crippen molar-refractivity contribution in [2.75, 3.05) is 18.6 Å². The van der Waals surface area contributed by atoms with Gasteiger partial charge in [-0.25, -0.2) is 4.90 Å². The van der Waals surface area contributed by atoms with E-state index in [1.807, 2.05) is 26.0 Å². The van der Waals surface area contributed by atoms with Gasteiger partial charge >= 0.3 is 5.69 Å². The number of hydrogen-bond donors (Lipinski definition) is 1. The second-order valence-electron chi connectivity index (χ2n) is 8.12. The normalized spacial score (nSPS) is 14.0. The molecular weight excluding hydrogens is 494 g/mol. The number of rotatable bonds is 9. The zero-order chi connectivity index (χ0) is 26.5. The van der Waals surface area contributed by atoms with Gasteiger partial charge in [0.25, 0.3) is 5.91 Å². The first-order chi connectivity index (χ1) is 17.8. The minimum atomic E-state index is -0.484. The number of hydrogen-bond acceptors (Lipinski definition) is 7. The quantitative estimate of drug-likeness (QED) is 0.179. The van der Waals surface area contributed by atoms with Crippen molar-refractivity contribution in [1.29, 1.82) is 0 Å². The van der Waals surface area contributed by atoms with E-state index in [1.165, 1.54) is 18.1 Å². The summed E-state index contributed by atoms with van der Waals surface area (Å²) in [6, 6.07) is 17.2. The molecule has 1 aliphatic heterocycles. The van der Waals surface area contributed by atoms with E-state index in [2.05, 4.69) is 5.32 Å². The average molecular weight is 520 g/mol. The topological polar surface area (TPSA) is 103 Å². The van der Waals surface area contributed by atoms with E-state index in [1.54, 1.807) is 48.5 Å². The molecule has 0 atom stereocenters. The maximum absolute atomic E-state index is 13.3. The number of nitrogens with one attached hydrogen (secondary N) is 1. The predicted molar refractivity (Wildman–Crippen MR) is 144 cm³/mol. The van der Waals surface area contributed by atoms with Gasteiger partial charge in [-0.15, -0.1) is 0 Å². The SMILES string of the molecule is CCOc1ccccc1N1C(=O)/C(=C\c2ccc(OC)c(COc3cc(C)ccc3[N+](=O)[O-])c2)NC1=S. The number of carbonyl (C=O) groups is 1. The fourth-order valence-corrected chi connectivity index (χ4v) is 4.18. The zero-order valence-corrected chi connectivity index (χ0v) is 21.3. The fraction of sp³-hybridized carbons (Fsp3) is 0.185. The molecule has 1 N–H and O–H groups in total. The standard InChI is InChI=1S/C27H25N3O6S/c1-4-35-24-8-6-5-7-21(24)29-26(31)20(28-27(29)37)15-18-10-12-23(34-3)19(14-18)16-36-25-13-17(2)9-11-22(25)30(32)33/h5-15H,4,16H2,1-3H3,(H,28,37)/b20-15+. The summed E-state index contributed by atoms with van der Waals surface area (Å²) in [4.78, 5) is 25.6. The Morgan fingerprint density at radius 2 is 1.84 bits per heavy atom. The number of anilines is 1. The van der Waals surface area contributed by atoms with Crippen LogP contribution >= 0.6 is 12.2 Å². The molecule has 0 bridgehead atoms. The number of para-hydroxylation sites is 2. The van der Waals surface area contributed by atoms with Crippen molar-refractivity contribution >= 4 is 40.7 Å². The Bertz CT molecular complexity index is 1400. The highest BCUT2D eigenvalue weighted by atomic mass is 32.1. The lowest BCUT2D eigenvalue weighted by molar-refractivity contribution is -0.386. The summed E-state index contributed by atoms with van der Waals surface area (Å²) >= 11 is 5.44. The third-order valence-electron chi connectivity index (χ3n) is 5.59. The van der Waals surface area contributed by atoms with Crippen molar-refractivity contribution in [3.05, 3.63) is 93.2 Å². The van der Waals surface area contributed by atoms with Crippen LogP contribution in [0.2, 0.25) is 0 Å². The molecule has 190 valence electrons. The molecule has 1 fully saturated rings. The maximum Gasteiger partial charge on any atom is 0.310 e. The average Bonchev–Trinajstić information content (AvgIpc) is 3.15. The molecule has 3 aromatic rings. The molecule has 1 saturated heterocycles. The molecule has 1 amide bonds. The van der Waals surface area contributed by atoms with E-state index >= 15 is 0 Å². The summed E-state index contributed by atoms with van der Waals surface area (Å²) in [5.74, 6) is 0.947. The highest BCUT2D eigenvalue weighted by molar-refractivity contribution is 7.80. The van der Waals surface area contributed by atoms with Crippen molar-refractivity contribution in [2.45, 2.75) is 20.5 Å². The summed E-state index contributed by atoms with van der Waals surface area (Å²) in [6.07, 6.45) is 1.68. The van der Waals surface area contributed by atoms with Gasteiger partial charge in [0.15, 0.2) is 10.9 Å². The molecule has 1 aliphatic rings. The van der Waals surface area contributed by atoms with Crippen LogP contribution in [0, 0.1) is 17.0 Å². The lowest BCUT2D eigenvalue weighted by Crippen LogP contribution is -2.30. The van der Waals surface area contributed by atoms with Gasteiger partial charge < -0.3 is 19.5 Å². The van der Waals surface area contributed by atoms with Gasteiger partial charge in [0.2, 0.25) is 0 Å². The number of aryl methyl sites for hydroxylation is 1. The Labute approximate surface area is 219 Å². The van der Waals surface area contributed by atoms with Crippen LogP contribution in [0.3, 0.4) is 0 Å². The number of nitrogens with zero attached hydrogens (tertiary/aromatic N) is 2. The molecule has 37 heavy (non-hydrogen) atoms. The number of nitro benzene ring substituents is 1. The Hall–Kier alpha value is -4.44. The van der Waals surface area contributed by atoms with Crippen LogP contribution < -0.4 is 24.4 Å². The molecule has 10 heteroatoms. The number of thiocarbonyl (C=S) groups is 1. The molecular formula is C27H25N3O6S. The van der Waals surface area contributed by atoms with Crippen molar-refractivity contribution in [3.63, 3.8) is 0 Å². The number of methoxy groups -OCH3 is 1. The molecule has 0 radical (unpaired) electrons. The van der Waals surface area contributed by atoms with Gasteiger partial charge in [0.05, 0.1) is 24.3 Å². The lowest BCUT2D eigenvalue weighted by Gasteiger charge is -2.18. The molecule has 1 heterocycles. The largest absolute Gasteiger partial charge is 0.496 e. The molecule has 0 aromatic heterocycles. The summed E-state index contributed by atoms with van der Waals surface area (Å²) in [7, 11) is 1.53. The van der Waals surface area contributed by atoms with Gasteiger partial charge in [-0.2, -0.15) is 0 Å². The number of benzene rings is 3. The first-order valence-electron chi connectivity index (χ1n) is 11.5. The van der Waals surface area contributed by atoms with Crippen molar-refractivity contribution < 1.29 is 23.9 Å². The molecule has 0 unspecified atom stereocenters. The second kappa shape index (κ2) is 11.1. The molecule has 9 nitrogen and oxygen atoms in total. The minimum absolute atomic E-state index is 0.0259. The van der Waals surface area contributed by atoms with Gasteiger partial charge in [0, 0.05) is 11.6 Å². The van der Waals surface area contributed by atoms with Gasteiger partial charge in [-0.05, 0) is 73.6 Å². The first kappa shape index (κ1) is 25.6. The van der Waals surface area contributed by atoms with Crippen LogP contribution in [-0.4, -0.2) is 29.7 Å². The number of carbonyl (C=O) groups excluding carboxylic acids is 1. The maximum atomic E-state index is 13.3. The summed E-state index contributed by atoms with van der Waals surface area (Å²) in [6.45, 7) is 4.17. The fourth-order valence-electron chi connectivity index (χ4n) is 3.88. The Morgan fingerprint density at radius 3 is 2.57 bits per heavy atom. The molecule has 4 rings (SSSR count). The van der Waals surface area contributed by atoms with Gasteiger partial charge in [0.1, 0.15) is 23.8 Å². The predicted octanol–water partition coefficient (Wildman–Crippen LogP) is 5.15. The van der Waals surface area contributed by atoms with E-state index in [0.717, 1.165) is 5.56 Å². The van der Waals surface area contributed by atoms with Crippen molar-refractivity contribution in [3.8, 4) is 17.2 Å². The number of ether oxygens (including phenoxy) is 3. The van der Waals surface area contributed by atoms with E-state index < -0.39 is 4.92 Å². The second-order valence-corrected chi connectivity index (χ2v) is 8.50. The van der Waals surface area contributed by atoms with Crippen LogP contribution in [-0.2, 0) is 11.4 Å². The summed E-state index contributed by atoms with van der Waals surface area (Å²) in [5, 5.41) is 14.6. The molecule has 0 spiro atoms. The third kappa shape index (κ3) is 5.54. The third-order valence-corrected chi connectivity index (χ3v) is 5.88. The van der Waals surface area contributed by atoms with Gasteiger partial charge in [-0.1, -0.05) is 24.3 Å². The molecule has 0 aliphatic carbocycles. The van der Waals surface area contributed by atoms with E-state index in [-0.39, 0.29) is 29.1 Å². The van der Waals surface area contributed by atoms with Crippen LogP contribution in [0.4, 0.5) is 11.4 Å². The first-order valence-corrected chi connectivity index (χ1v) is 11.9. The van der Waals surface area contributed by atoms with Crippen molar-refractivity contribution in [2.24, 2.45) is 0 Å². The summed E-state index contributed by atoms with van der Waals surface area (Å²) in [5.41, 5.74) is 2.91.